The molecule has 0 saturated carbocycles. The first-order chi connectivity index (χ1) is 31.7. The number of para-hydroxylation sites is 4. The van der Waals surface area contributed by atoms with Crippen LogP contribution in [0.2, 0.25) is 19.6 Å². The molecule has 0 fully saturated rings. The van der Waals surface area contributed by atoms with Crippen LogP contribution in [0.5, 0.6) is 0 Å². The number of anilines is 5. The highest BCUT2D eigenvalue weighted by Gasteiger charge is 2.36. The summed E-state index contributed by atoms with van der Waals surface area (Å²) >= 11 is 0. The number of benzene rings is 9. The molecule has 4 nitrogen and oxygen atoms in total. The first-order valence-corrected chi connectivity index (χ1v) is 26.1. The van der Waals surface area contributed by atoms with Gasteiger partial charge >= 0.3 is 0 Å². The maximum Gasteiger partial charge on any atom is 0.159 e. The summed E-state index contributed by atoms with van der Waals surface area (Å²) in [4.78, 5) is 4.86. The first-order valence-electron chi connectivity index (χ1n) is 22.6. The van der Waals surface area contributed by atoms with Crippen molar-refractivity contribution in [3.63, 3.8) is 0 Å². The average molecular weight is 857 g/mol. The fraction of sp³-hybridized carbons (Fsp3) is 0.100. The minimum Gasteiger partial charge on any atom is -0.456 e. The van der Waals surface area contributed by atoms with Gasteiger partial charge in [-0.15, -0.1) is 0 Å². The molecule has 2 heterocycles. The summed E-state index contributed by atoms with van der Waals surface area (Å²) in [7, 11) is -1.47. The van der Waals surface area contributed by atoms with Crippen molar-refractivity contribution in [2.45, 2.75) is 38.5 Å². The van der Waals surface area contributed by atoms with Crippen molar-refractivity contribution in [2.24, 2.45) is 0 Å². The van der Waals surface area contributed by atoms with Gasteiger partial charge in [-0.1, -0.05) is 164 Å². The van der Waals surface area contributed by atoms with Gasteiger partial charge in [-0.2, -0.15) is 0 Å². The van der Waals surface area contributed by atoms with Gasteiger partial charge in [-0.05, 0) is 102 Å². The maximum absolute atomic E-state index is 7.25. The molecule has 9 aromatic carbocycles. The smallest absolute Gasteiger partial charge is 0.159 e. The molecule has 5 heteroatoms. The van der Waals surface area contributed by atoms with E-state index in [1.807, 2.05) is 6.07 Å². The maximum atomic E-state index is 7.25. The molecule has 0 radical (unpaired) electrons. The van der Waals surface area contributed by atoms with E-state index in [0.29, 0.717) is 0 Å². The molecule has 0 amide bonds. The summed E-state index contributed by atoms with van der Waals surface area (Å²) in [5.41, 5.74) is 10.7. The third-order valence-electron chi connectivity index (χ3n) is 13.5. The van der Waals surface area contributed by atoms with Crippen LogP contribution >= 0.6 is 0 Å². The Morgan fingerprint density at radius 2 is 1.11 bits per heavy atom. The number of hydrogen-bond acceptors (Lipinski definition) is 4. The van der Waals surface area contributed by atoms with Crippen molar-refractivity contribution in [1.82, 2.24) is 0 Å². The normalized spacial score (nSPS) is 15.0. The summed E-state index contributed by atoms with van der Waals surface area (Å²) in [6.45, 7) is 9.54. The van der Waals surface area contributed by atoms with Crippen molar-refractivity contribution < 1.29 is 8.83 Å². The highest BCUT2D eigenvalue weighted by Crippen LogP contribution is 2.47. The lowest BCUT2D eigenvalue weighted by atomic mass is 9.87. The lowest BCUT2D eigenvalue weighted by Gasteiger charge is -2.42. The SMILES string of the molecule is CC1(N(c2ccccc2-c2ccccc2)c2cccc3c2oc2ccccc23)C=c2oc3c4ccc(N(c5ccccc5)c5ccc([Si](C)(C)C)cc5)cc4c4ccccc4c3c2=CC1. The van der Waals surface area contributed by atoms with E-state index in [-0.39, 0.29) is 0 Å². The van der Waals surface area contributed by atoms with Crippen molar-refractivity contribution >= 4 is 108 Å². The molecule has 0 saturated heterocycles. The van der Waals surface area contributed by atoms with Crippen molar-refractivity contribution in [3.8, 4) is 11.1 Å². The summed E-state index contributed by atoms with van der Waals surface area (Å²) in [6, 6.07) is 69.9. The Morgan fingerprint density at radius 3 is 1.89 bits per heavy atom. The largest absolute Gasteiger partial charge is 0.456 e. The second-order valence-electron chi connectivity index (χ2n) is 18.7. The fourth-order valence-electron chi connectivity index (χ4n) is 10.3. The Labute approximate surface area is 379 Å². The van der Waals surface area contributed by atoms with E-state index in [9.17, 15) is 0 Å². The molecule has 0 bridgehead atoms. The van der Waals surface area contributed by atoms with Crippen molar-refractivity contribution in [1.29, 1.82) is 0 Å². The van der Waals surface area contributed by atoms with Gasteiger partial charge < -0.3 is 18.6 Å². The molecule has 1 atom stereocenters. The third kappa shape index (κ3) is 6.41. The third-order valence-corrected chi connectivity index (χ3v) is 15.6. The topological polar surface area (TPSA) is 32.8 Å². The Kier molecular flexibility index (Phi) is 9.01. The Morgan fingerprint density at radius 1 is 0.492 bits per heavy atom. The van der Waals surface area contributed by atoms with Crippen LogP contribution in [0.1, 0.15) is 13.3 Å². The highest BCUT2D eigenvalue weighted by molar-refractivity contribution is 6.88. The van der Waals surface area contributed by atoms with Crippen LogP contribution < -0.4 is 25.6 Å². The van der Waals surface area contributed by atoms with E-state index >= 15 is 0 Å². The quantitative estimate of drug-likeness (QED) is 0.113. The highest BCUT2D eigenvalue weighted by atomic mass is 28.3. The fourth-order valence-corrected chi connectivity index (χ4v) is 11.5. The molecule has 0 spiro atoms. The molecular weight excluding hydrogens is 809 g/mol. The standard InChI is InChI=1S/C60H48N2O2Si/c1-60(62(53-27-15-13-22-45(53)40-18-7-5-8-19-40)54-28-17-26-49-47-24-14-16-29-55(47)63-58(49)54)37-36-51-56(39-60)64-59-50-35-32-43(38-52(50)46-23-11-12-25-48(46)57(51)59)61(41-20-9-6-10-21-41)42-30-33-44(34-31-42)65(2,3)4/h5-36,38-39H,37H2,1-4H3. The molecule has 1 aliphatic carbocycles. The predicted molar refractivity (Wildman–Crippen MR) is 278 cm³/mol. The van der Waals surface area contributed by atoms with E-state index in [2.05, 4.69) is 237 Å². The van der Waals surface area contributed by atoms with Crippen molar-refractivity contribution in [2.75, 3.05) is 9.80 Å². The van der Waals surface area contributed by atoms with Crippen LogP contribution in [0.25, 0.3) is 77.7 Å². The zero-order valence-corrected chi connectivity index (χ0v) is 38.0. The van der Waals surface area contributed by atoms with Crippen LogP contribution in [0.15, 0.2) is 203 Å². The molecule has 12 rings (SSSR count). The summed E-state index contributed by atoms with van der Waals surface area (Å²) in [6.07, 6.45) is 5.51. The monoisotopic (exact) mass is 856 g/mol. The van der Waals surface area contributed by atoms with E-state index in [1.165, 1.54) is 16.0 Å². The van der Waals surface area contributed by atoms with E-state index < -0.39 is 13.6 Å². The average Bonchev–Trinajstić information content (AvgIpc) is 3.91. The summed E-state index contributed by atoms with van der Waals surface area (Å²) in [5.74, 6) is 0. The van der Waals surface area contributed by atoms with Gasteiger partial charge in [0.25, 0.3) is 0 Å². The second kappa shape index (κ2) is 15.0. The minimum atomic E-state index is -1.47. The molecule has 11 aromatic rings. The predicted octanol–water partition coefficient (Wildman–Crippen LogP) is 14.9. The molecule has 0 N–H and O–H groups in total. The minimum absolute atomic E-state index is 0.557. The Balaban J connectivity index is 1.07. The zero-order valence-electron chi connectivity index (χ0n) is 37.0. The Bertz CT molecular complexity index is 3750. The molecule has 2 aromatic heterocycles. The van der Waals surface area contributed by atoms with Gasteiger partial charge in [0.1, 0.15) is 16.6 Å². The van der Waals surface area contributed by atoms with E-state index in [4.69, 9.17) is 8.83 Å². The van der Waals surface area contributed by atoms with Crippen LogP contribution in [0.3, 0.4) is 0 Å². The van der Waals surface area contributed by atoms with Gasteiger partial charge in [-0.25, -0.2) is 0 Å². The van der Waals surface area contributed by atoms with Crippen LogP contribution in [-0.4, -0.2) is 13.6 Å². The second-order valence-corrected chi connectivity index (χ2v) is 23.8. The zero-order chi connectivity index (χ0) is 43.9. The summed E-state index contributed by atoms with van der Waals surface area (Å²) < 4.78 is 14.0. The van der Waals surface area contributed by atoms with Gasteiger partial charge in [0.15, 0.2) is 5.58 Å². The lowest BCUT2D eigenvalue weighted by Crippen LogP contribution is -2.46. The number of hydrogen-bond donors (Lipinski definition) is 0. The molecule has 0 aliphatic heterocycles. The molecule has 314 valence electrons. The molecule has 65 heavy (non-hydrogen) atoms. The number of fused-ring (bicyclic) bond motifs is 11. The van der Waals surface area contributed by atoms with Gasteiger partial charge in [0.05, 0.1) is 19.3 Å². The Hall–Kier alpha value is -7.60. The lowest BCUT2D eigenvalue weighted by molar-refractivity contribution is 0.546. The van der Waals surface area contributed by atoms with Gasteiger partial charge in [-0.3, -0.25) is 0 Å². The molecule has 1 unspecified atom stereocenters. The van der Waals surface area contributed by atoms with Crippen LogP contribution in [-0.2, 0) is 0 Å². The van der Waals surface area contributed by atoms with Crippen LogP contribution in [0, 0.1) is 0 Å². The van der Waals surface area contributed by atoms with Gasteiger partial charge in [0.2, 0.25) is 0 Å². The number of furan rings is 2. The first kappa shape index (κ1) is 39.0. The van der Waals surface area contributed by atoms with Crippen LogP contribution in [0.4, 0.5) is 28.4 Å². The van der Waals surface area contributed by atoms with Crippen molar-refractivity contribution in [3.05, 3.63) is 205 Å². The molecule has 1 aliphatic rings. The van der Waals surface area contributed by atoms with Gasteiger partial charge in [0, 0.05) is 55.1 Å². The van der Waals surface area contributed by atoms with E-state index in [0.717, 1.165) is 100 Å². The summed E-state index contributed by atoms with van der Waals surface area (Å²) in [5, 5.41) is 10.6. The number of rotatable bonds is 8. The number of nitrogens with zero attached hydrogens (tertiary/aromatic N) is 2. The van der Waals surface area contributed by atoms with E-state index in [1.54, 1.807) is 0 Å². The molecular formula is C60H48N2O2Si.